The van der Waals surface area contributed by atoms with Gasteiger partial charge in [0.1, 0.15) is 5.82 Å². The summed E-state index contributed by atoms with van der Waals surface area (Å²) in [5, 5.41) is 8.93. The van der Waals surface area contributed by atoms with Gasteiger partial charge in [0.05, 0.1) is 12.1 Å². The molecule has 1 heterocycles. The number of nitrogens with zero attached hydrogens (tertiary/aromatic N) is 1. The van der Waals surface area contributed by atoms with Crippen LogP contribution in [0.15, 0.2) is 24.3 Å². The molecule has 2 rings (SSSR count). The first-order valence-corrected chi connectivity index (χ1v) is 5.48. The van der Waals surface area contributed by atoms with E-state index in [1.165, 1.54) is 0 Å². The SMILES string of the molecule is Cc1ccccc1-c1nc(Cl)c(CC(=O)O)[nH]1. The first-order valence-electron chi connectivity index (χ1n) is 5.10. The molecule has 88 valence electrons. The highest BCUT2D eigenvalue weighted by Crippen LogP contribution is 2.24. The summed E-state index contributed by atoms with van der Waals surface area (Å²) in [5.41, 5.74) is 2.41. The van der Waals surface area contributed by atoms with Crippen molar-refractivity contribution in [1.29, 1.82) is 0 Å². The van der Waals surface area contributed by atoms with Crippen LogP contribution in [0, 0.1) is 6.92 Å². The number of H-pyrrole nitrogens is 1. The number of aryl methyl sites for hydroxylation is 1. The summed E-state index contributed by atoms with van der Waals surface area (Å²) in [5.74, 6) is -0.337. The Morgan fingerprint density at radius 1 is 1.47 bits per heavy atom. The van der Waals surface area contributed by atoms with Crippen LogP contribution in [0.25, 0.3) is 11.4 Å². The number of carbonyl (C=O) groups is 1. The van der Waals surface area contributed by atoms with Gasteiger partial charge in [-0.1, -0.05) is 35.9 Å². The molecule has 5 heteroatoms. The summed E-state index contributed by atoms with van der Waals surface area (Å²) >= 11 is 5.89. The maximum Gasteiger partial charge on any atom is 0.309 e. The molecule has 0 amide bonds. The fourth-order valence-electron chi connectivity index (χ4n) is 1.62. The van der Waals surface area contributed by atoms with Crippen molar-refractivity contribution < 1.29 is 9.90 Å². The number of imidazole rings is 1. The molecule has 2 N–H and O–H groups in total. The molecule has 1 aromatic heterocycles. The molecule has 0 spiro atoms. The predicted molar refractivity (Wildman–Crippen MR) is 65.1 cm³/mol. The summed E-state index contributed by atoms with van der Waals surface area (Å²) in [6.45, 7) is 1.96. The Labute approximate surface area is 103 Å². The monoisotopic (exact) mass is 250 g/mol. The van der Waals surface area contributed by atoms with Crippen molar-refractivity contribution in [3.05, 3.63) is 40.7 Å². The molecule has 0 aliphatic heterocycles. The lowest BCUT2D eigenvalue weighted by Crippen LogP contribution is -2.00. The van der Waals surface area contributed by atoms with E-state index >= 15 is 0 Å². The number of aromatic nitrogens is 2. The van der Waals surface area contributed by atoms with Crippen molar-refractivity contribution in [1.82, 2.24) is 9.97 Å². The molecule has 17 heavy (non-hydrogen) atoms. The smallest absolute Gasteiger partial charge is 0.309 e. The third kappa shape index (κ3) is 2.47. The second kappa shape index (κ2) is 4.59. The van der Waals surface area contributed by atoms with Crippen molar-refractivity contribution in [2.75, 3.05) is 0 Å². The van der Waals surface area contributed by atoms with E-state index < -0.39 is 5.97 Å². The van der Waals surface area contributed by atoms with Gasteiger partial charge in [0.25, 0.3) is 0 Å². The number of nitrogens with one attached hydrogen (secondary N) is 1. The van der Waals surface area contributed by atoms with Crippen LogP contribution in [0.1, 0.15) is 11.3 Å². The molecular weight excluding hydrogens is 240 g/mol. The Morgan fingerprint density at radius 2 is 2.18 bits per heavy atom. The van der Waals surface area contributed by atoms with Crippen molar-refractivity contribution in [2.24, 2.45) is 0 Å². The van der Waals surface area contributed by atoms with Gasteiger partial charge in [0.15, 0.2) is 5.15 Å². The molecule has 0 aliphatic rings. The lowest BCUT2D eigenvalue weighted by Gasteiger charge is -2.00. The number of aliphatic carboxylic acids is 1. The lowest BCUT2D eigenvalue weighted by atomic mass is 10.1. The molecule has 2 aromatic rings. The average Bonchev–Trinajstić information content (AvgIpc) is 2.60. The van der Waals surface area contributed by atoms with Gasteiger partial charge in [-0.3, -0.25) is 4.79 Å². The minimum atomic E-state index is -0.938. The standard InChI is InChI=1S/C12H11ClN2O2/c1-7-4-2-3-5-8(7)12-14-9(6-10(16)17)11(13)15-12/h2-5H,6H2,1H3,(H,14,15)(H,16,17). The van der Waals surface area contributed by atoms with Gasteiger partial charge in [0, 0.05) is 5.56 Å². The number of carboxylic acid groups (broad SMARTS) is 1. The zero-order chi connectivity index (χ0) is 12.4. The third-order valence-electron chi connectivity index (χ3n) is 2.46. The van der Waals surface area contributed by atoms with Gasteiger partial charge < -0.3 is 10.1 Å². The molecule has 0 bridgehead atoms. The van der Waals surface area contributed by atoms with Crippen molar-refractivity contribution in [3.8, 4) is 11.4 Å². The van der Waals surface area contributed by atoms with Crippen molar-refractivity contribution in [3.63, 3.8) is 0 Å². The first kappa shape index (κ1) is 11.7. The first-order chi connectivity index (χ1) is 8.08. The van der Waals surface area contributed by atoms with Crippen LogP contribution >= 0.6 is 11.6 Å². The van der Waals surface area contributed by atoms with Gasteiger partial charge in [-0.2, -0.15) is 0 Å². The number of rotatable bonds is 3. The van der Waals surface area contributed by atoms with Crippen LogP contribution < -0.4 is 0 Å². The predicted octanol–water partition coefficient (Wildman–Crippen LogP) is 2.67. The third-order valence-corrected chi connectivity index (χ3v) is 2.77. The van der Waals surface area contributed by atoms with E-state index in [4.69, 9.17) is 16.7 Å². The quantitative estimate of drug-likeness (QED) is 0.880. The van der Waals surface area contributed by atoms with E-state index in [9.17, 15) is 4.79 Å². The zero-order valence-corrected chi connectivity index (χ0v) is 9.95. The van der Waals surface area contributed by atoms with Crippen molar-refractivity contribution >= 4 is 17.6 Å². The topological polar surface area (TPSA) is 66.0 Å². The summed E-state index contributed by atoms with van der Waals surface area (Å²) < 4.78 is 0. The lowest BCUT2D eigenvalue weighted by molar-refractivity contribution is -0.136. The second-order valence-corrected chi connectivity index (χ2v) is 4.10. The zero-order valence-electron chi connectivity index (χ0n) is 9.20. The minimum absolute atomic E-state index is 0.155. The number of aromatic amines is 1. The van der Waals surface area contributed by atoms with Gasteiger partial charge in [0.2, 0.25) is 0 Å². The number of halogens is 1. The number of carboxylic acids is 1. The number of hydrogen-bond acceptors (Lipinski definition) is 2. The maximum atomic E-state index is 10.6. The van der Waals surface area contributed by atoms with Crippen LogP contribution in [-0.4, -0.2) is 21.0 Å². The Balaban J connectivity index is 2.41. The highest BCUT2D eigenvalue weighted by Gasteiger charge is 2.13. The summed E-state index contributed by atoms with van der Waals surface area (Å²) in [7, 11) is 0. The maximum absolute atomic E-state index is 10.6. The number of hydrogen-bond donors (Lipinski definition) is 2. The second-order valence-electron chi connectivity index (χ2n) is 3.74. The van der Waals surface area contributed by atoms with E-state index in [0.29, 0.717) is 11.5 Å². The molecule has 0 saturated heterocycles. The summed E-state index contributed by atoms with van der Waals surface area (Å²) in [6, 6.07) is 7.70. The highest BCUT2D eigenvalue weighted by atomic mass is 35.5. The van der Waals surface area contributed by atoms with Crippen LogP contribution in [-0.2, 0) is 11.2 Å². The van der Waals surface area contributed by atoms with E-state index in [0.717, 1.165) is 11.1 Å². The van der Waals surface area contributed by atoms with Gasteiger partial charge >= 0.3 is 5.97 Å². The Hall–Kier alpha value is -1.81. The van der Waals surface area contributed by atoms with Crippen LogP contribution in [0.3, 0.4) is 0 Å². The van der Waals surface area contributed by atoms with E-state index in [2.05, 4.69) is 9.97 Å². The molecule has 0 radical (unpaired) electrons. The summed E-state index contributed by atoms with van der Waals surface area (Å²) in [6.07, 6.45) is -0.155. The Kier molecular flexibility index (Phi) is 3.15. The molecule has 0 atom stereocenters. The van der Waals surface area contributed by atoms with Crippen molar-refractivity contribution in [2.45, 2.75) is 13.3 Å². The molecule has 1 aromatic carbocycles. The average molecular weight is 251 g/mol. The molecule has 0 fully saturated rings. The summed E-state index contributed by atoms with van der Waals surface area (Å²) in [4.78, 5) is 17.7. The normalized spacial score (nSPS) is 10.5. The van der Waals surface area contributed by atoms with Crippen LogP contribution in [0.5, 0.6) is 0 Å². The highest BCUT2D eigenvalue weighted by molar-refractivity contribution is 6.30. The minimum Gasteiger partial charge on any atom is -0.481 e. The fraction of sp³-hybridized carbons (Fsp3) is 0.167. The van der Waals surface area contributed by atoms with Gasteiger partial charge in [-0.15, -0.1) is 0 Å². The van der Waals surface area contributed by atoms with E-state index in [1.54, 1.807) is 0 Å². The molecule has 0 unspecified atom stereocenters. The molecule has 0 aliphatic carbocycles. The largest absolute Gasteiger partial charge is 0.481 e. The van der Waals surface area contributed by atoms with E-state index in [-0.39, 0.29) is 11.6 Å². The van der Waals surface area contributed by atoms with E-state index in [1.807, 2.05) is 31.2 Å². The Bertz CT molecular complexity index is 563. The number of benzene rings is 1. The Morgan fingerprint density at radius 3 is 2.82 bits per heavy atom. The molecule has 4 nitrogen and oxygen atoms in total. The van der Waals surface area contributed by atoms with Crippen LogP contribution in [0.4, 0.5) is 0 Å². The van der Waals surface area contributed by atoms with Gasteiger partial charge in [-0.05, 0) is 12.5 Å². The van der Waals surface area contributed by atoms with Crippen LogP contribution in [0.2, 0.25) is 5.15 Å². The van der Waals surface area contributed by atoms with Gasteiger partial charge in [-0.25, -0.2) is 4.98 Å². The molecular formula is C12H11ClN2O2. The molecule has 0 saturated carbocycles. The fourth-order valence-corrected chi connectivity index (χ4v) is 1.82.